The molecule has 0 aliphatic heterocycles. The highest BCUT2D eigenvalue weighted by Gasteiger charge is 2.41. The Morgan fingerprint density at radius 2 is 2.05 bits per heavy atom. The maximum Gasteiger partial charge on any atom is 0.340 e. The van der Waals surface area contributed by atoms with E-state index in [2.05, 4.69) is 15.0 Å². The van der Waals surface area contributed by atoms with E-state index < -0.39 is 19.0 Å². The zero-order valence-corrected chi connectivity index (χ0v) is 11.4. The molecule has 1 aromatic heterocycles. The van der Waals surface area contributed by atoms with Gasteiger partial charge in [0.05, 0.1) is 11.9 Å². The molecular weight excluding hydrogens is 276 g/mol. The van der Waals surface area contributed by atoms with E-state index >= 15 is 0 Å². The summed E-state index contributed by atoms with van der Waals surface area (Å²) in [5.41, 5.74) is 0.728. The first-order valence-electron chi connectivity index (χ1n) is 6.35. The van der Waals surface area contributed by atoms with Crippen molar-refractivity contribution in [1.29, 1.82) is 0 Å². The van der Waals surface area contributed by atoms with Crippen LogP contribution >= 0.6 is 0 Å². The minimum atomic E-state index is -4.16. The van der Waals surface area contributed by atoms with Crippen LogP contribution in [0.15, 0.2) is 18.3 Å². The molecule has 1 rings (SSSR count). The van der Waals surface area contributed by atoms with Crippen LogP contribution in [0.25, 0.3) is 0 Å². The third-order valence-corrected chi connectivity index (χ3v) is 2.65. The lowest BCUT2D eigenvalue weighted by molar-refractivity contribution is -0.148. The van der Waals surface area contributed by atoms with Gasteiger partial charge in [-0.2, -0.15) is 8.78 Å². The lowest BCUT2D eigenvalue weighted by atomic mass is 10.2. The van der Waals surface area contributed by atoms with Crippen LogP contribution in [0.1, 0.15) is 32.0 Å². The number of alkyl halides is 4. The van der Waals surface area contributed by atoms with Crippen molar-refractivity contribution in [2.24, 2.45) is 0 Å². The lowest BCUT2D eigenvalue weighted by Crippen LogP contribution is -2.33. The summed E-state index contributed by atoms with van der Waals surface area (Å²) in [7, 11) is 0. The number of pyridine rings is 1. The van der Waals surface area contributed by atoms with Crippen LogP contribution in [0.5, 0.6) is 5.75 Å². The summed E-state index contributed by atoms with van der Waals surface area (Å²) in [6, 6.07) is 3.07. The lowest BCUT2D eigenvalue weighted by Gasteiger charge is -2.16. The molecule has 1 aromatic rings. The van der Waals surface area contributed by atoms with Crippen molar-refractivity contribution >= 4 is 0 Å². The number of aromatic nitrogens is 1. The summed E-state index contributed by atoms with van der Waals surface area (Å²) in [6.45, 7) is 3.42. The molecule has 0 aromatic carbocycles. The summed E-state index contributed by atoms with van der Waals surface area (Å²) in [6.07, 6.45) is -1.51. The van der Waals surface area contributed by atoms with Gasteiger partial charge in [-0.15, -0.1) is 0 Å². The summed E-state index contributed by atoms with van der Waals surface area (Å²) in [4.78, 5) is 4.06. The van der Waals surface area contributed by atoms with Gasteiger partial charge in [-0.25, -0.2) is 8.78 Å². The fraction of sp³-hybridized carbons (Fsp3) is 0.615. The van der Waals surface area contributed by atoms with Gasteiger partial charge >= 0.3 is 12.3 Å². The minimum Gasteiger partial charge on any atom is -0.485 e. The average Bonchev–Trinajstić information content (AvgIpc) is 2.43. The molecule has 0 saturated heterocycles. The fourth-order valence-electron chi connectivity index (χ4n) is 1.44. The van der Waals surface area contributed by atoms with Crippen LogP contribution < -0.4 is 10.1 Å². The Morgan fingerprint density at radius 3 is 2.55 bits per heavy atom. The highest BCUT2D eigenvalue weighted by Crippen LogP contribution is 2.24. The first kappa shape index (κ1) is 16.7. The Bertz CT molecular complexity index is 398. The topological polar surface area (TPSA) is 34.1 Å². The molecule has 114 valence electrons. The van der Waals surface area contributed by atoms with E-state index in [0.717, 1.165) is 18.7 Å². The van der Waals surface area contributed by atoms with E-state index in [1.807, 2.05) is 13.8 Å². The molecule has 0 radical (unpaired) electrons. The van der Waals surface area contributed by atoms with Gasteiger partial charge in [0.25, 0.3) is 0 Å². The first-order valence-corrected chi connectivity index (χ1v) is 6.35. The van der Waals surface area contributed by atoms with Gasteiger partial charge < -0.3 is 10.1 Å². The van der Waals surface area contributed by atoms with Crippen LogP contribution in [0.2, 0.25) is 0 Å². The van der Waals surface area contributed by atoms with Crippen molar-refractivity contribution in [2.45, 2.75) is 38.7 Å². The van der Waals surface area contributed by atoms with E-state index in [-0.39, 0.29) is 11.8 Å². The van der Waals surface area contributed by atoms with Crippen LogP contribution in [-0.4, -0.2) is 30.5 Å². The van der Waals surface area contributed by atoms with Crippen molar-refractivity contribution < 1.29 is 22.3 Å². The number of hydrogen-bond acceptors (Lipinski definition) is 3. The molecule has 1 unspecified atom stereocenters. The second-order valence-electron chi connectivity index (χ2n) is 4.44. The first-order chi connectivity index (χ1) is 9.36. The fourth-order valence-corrected chi connectivity index (χ4v) is 1.44. The highest BCUT2D eigenvalue weighted by molar-refractivity contribution is 5.21. The van der Waals surface area contributed by atoms with Crippen LogP contribution in [0.4, 0.5) is 17.6 Å². The third-order valence-electron chi connectivity index (χ3n) is 2.65. The van der Waals surface area contributed by atoms with Crippen molar-refractivity contribution in [2.75, 3.05) is 13.2 Å². The minimum absolute atomic E-state index is 0.0199. The monoisotopic (exact) mass is 294 g/mol. The molecule has 7 heteroatoms. The normalized spacial score (nSPS) is 13.6. The molecule has 1 atom stereocenters. The summed E-state index contributed by atoms with van der Waals surface area (Å²) in [5.74, 6) is -4.12. The quantitative estimate of drug-likeness (QED) is 0.746. The van der Waals surface area contributed by atoms with Crippen molar-refractivity contribution in [3.63, 3.8) is 0 Å². The number of nitrogens with zero attached hydrogens (tertiary/aromatic N) is 1. The molecule has 20 heavy (non-hydrogen) atoms. The average molecular weight is 294 g/mol. The van der Waals surface area contributed by atoms with Crippen LogP contribution in [-0.2, 0) is 0 Å². The molecule has 0 aliphatic carbocycles. The SMILES string of the molecule is CCCNC(C)c1ccc(OCC(F)(F)C(F)F)cn1. The van der Waals surface area contributed by atoms with Crippen molar-refractivity contribution in [3.8, 4) is 5.75 Å². The van der Waals surface area contributed by atoms with E-state index in [0.29, 0.717) is 0 Å². The Balaban J connectivity index is 2.54. The molecule has 0 aliphatic rings. The standard InChI is InChI=1S/C13H18F4N2O/c1-3-6-18-9(2)11-5-4-10(7-19-11)20-8-13(16,17)12(14)15/h4-5,7,9,12,18H,3,6,8H2,1-2H3. The number of nitrogens with one attached hydrogen (secondary N) is 1. The Morgan fingerprint density at radius 1 is 1.35 bits per heavy atom. The van der Waals surface area contributed by atoms with Gasteiger partial charge in [-0.1, -0.05) is 6.92 Å². The smallest absolute Gasteiger partial charge is 0.340 e. The second kappa shape index (κ2) is 7.42. The zero-order chi connectivity index (χ0) is 15.2. The number of halogens is 4. The molecule has 0 bridgehead atoms. The van der Waals surface area contributed by atoms with Crippen LogP contribution in [0, 0.1) is 0 Å². The predicted molar refractivity (Wildman–Crippen MR) is 67.4 cm³/mol. The van der Waals surface area contributed by atoms with Gasteiger partial charge in [0, 0.05) is 6.04 Å². The summed E-state index contributed by atoms with van der Waals surface area (Å²) in [5, 5.41) is 3.22. The Hall–Kier alpha value is -1.37. The Labute approximate surface area is 115 Å². The summed E-state index contributed by atoms with van der Waals surface area (Å²) >= 11 is 0. The van der Waals surface area contributed by atoms with E-state index in [1.54, 1.807) is 6.07 Å². The molecule has 0 amide bonds. The van der Waals surface area contributed by atoms with E-state index in [9.17, 15) is 17.6 Å². The van der Waals surface area contributed by atoms with E-state index in [4.69, 9.17) is 0 Å². The largest absolute Gasteiger partial charge is 0.485 e. The maximum absolute atomic E-state index is 12.7. The number of ether oxygens (including phenoxy) is 1. The van der Waals surface area contributed by atoms with Crippen molar-refractivity contribution in [3.05, 3.63) is 24.0 Å². The molecule has 0 spiro atoms. The Kier molecular flexibility index (Phi) is 6.19. The molecule has 3 nitrogen and oxygen atoms in total. The summed E-state index contributed by atoms with van der Waals surface area (Å²) < 4.78 is 53.9. The maximum atomic E-state index is 12.7. The molecule has 0 saturated carbocycles. The van der Waals surface area contributed by atoms with Gasteiger partial charge in [0.2, 0.25) is 0 Å². The van der Waals surface area contributed by atoms with Gasteiger partial charge in [-0.3, -0.25) is 4.98 Å². The third kappa shape index (κ3) is 4.96. The molecule has 1 heterocycles. The second-order valence-corrected chi connectivity index (χ2v) is 4.44. The molecule has 0 fully saturated rings. The van der Waals surface area contributed by atoms with Gasteiger partial charge in [0.1, 0.15) is 5.75 Å². The highest BCUT2D eigenvalue weighted by atomic mass is 19.3. The zero-order valence-electron chi connectivity index (χ0n) is 11.4. The number of hydrogen-bond donors (Lipinski definition) is 1. The number of rotatable bonds is 8. The van der Waals surface area contributed by atoms with Gasteiger partial charge in [0.15, 0.2) is 6.61 Å². The predicted octanol–water partition coefficient (Wildman–Crippen LogP) is 3.42. The van der Waals surface area contributed by atoms with Gasteiger partial charge in [-0.05, 0) is 32.0 Å². The van der Waals surface area contributed by atoms with E-state index in [1.165, 1.54) is 12.3 Å². The molecular formula is C13H18F4N2O. The molecule has 1 N–H and O–H groups in total. The van der Waals surface area contributed by atoms with Crippen molar-refractivity contribution in [1.82, 2.24) is 10.3 Å². The van der Waals surface area contributed by atoms with Crippen LogP contribution in [0.3, 0.4) is 0 Å².